The van der Waals surface area contributed by atoms with Gasteiger partial charge in [0.15, 0.2) is 0 Å². The predicted molar refractivity (Wildman–Crippen MR) is 47.0 cm³/mol. The van der Waals surface area contributed by atoms with Crippen LogP contribution in [0.3, 0.4) is 0 Å². The van der Waals surface area contributed by atoms with Crippen LogP contribution in [0, 0.1) is 5.92 Å². The third kappa shape index (κ3) is 1.99. The fourth-order valence-electron chi connectivity index (χ4n) is 1.51. The summed E-state index contributed by atoms with van der Waals surface area (Å²) >= 11 is 0. The van der Waals surface area contributed by atoms with E-state index >= 15 is 0 Å². The van der Waals surface area contributed by atoms with Gasteiger partial charge in [-0.3, -0.25) is 9.59 Å². The molecule has 1 rings (SSSR count). The van der Waals surface area contributed by atoms with Gasteiger partial charge < -0.3 is 9.64 Å². The molecule has 1 unspecified atom stereocenters. The molecular formula is C9H15NO3. The topological polar surface area (TPSA) is 46.6 Å². The molecule has 1 aliphatic heterocycles. The number of amides is 1. The molecule has 1 aliphatic rings. The summed E-state index contributed by atoms with van der Waals surface area (Å²) in [5.41, 5.74) is 0. The van der Waals surface area contributed by atoms with E-state index in [-0.39, 0.29) is 11.9 Å². The summed E-state index contributed by atoms with van der Waals surface area (Å²) in [6.07, 6.45) is 0.603. The number of hydrogen-bond acceptors (Lipinski definition) is 3. The molecule has 0 aromatic rings. The standard InChI is InChI=1S/C9H15NO3/c1-3-10-6-5-7(8(10)11)9(12)13-4-2/h7H,3-6H2,1-2H3. The fraction of sp³-hybridized carbons (Fsp3) is 0.778. The van der Waals surface area contributed by atoms with E-state index in [0.29, 0.717) is 26.1 Å². The van der Waals surface area contributed by atoms with Crippen LogP contribution in [0.25, 0.3) is 0 Å². The summed E-state index contributed by atoms with van der Waals surface area (Å²) in [4.78, 5) is 24.4. The highest BCUT2D eigenvalue weighted by atomic mass is 16.5. The molecule has 1 atom stereocenters. The molecule has 0 aromatic carbocycles. The van der Waals surface area contributed by atoms with Crippen LogP contribution < -0.4 is 0 Å². The van der Waals surface area contributed by atoms with Crippen LogP contribution in [-0.2, 0) is 14.3 Å². The molecule has 1 saturated heterocycles. The summed E-state index contributed by atoms with van der Waals surface area (Å²) in [5, 5.41) is 0. The lowest BCUT2D eigenvalue weighted by atomic mass is 10.1. The second-order valence-electron chi connectivity index (χ2n) is 3.01. The van der Waals surface area contributed by atoms with Crippen LogP contribution in [0.5, 0.6) is 0 Å². The molecule has 74 valence electrons. The van der Waals surface area contributed by atoms with Crippen molar-refractivity contribution in [3.63, 3.8) is 0 Å². The van der Waals surface area contributed by atoms with Gasteiger partial charge in [-0.25, -0.2) is 0 Å². The molecule has 13 heavy (non-hydrogen) atoms. The quantitative estimate of drug-likeness (QED) is 0.473. The van der Waals surface area contributed by atoms with Gasteiger partial charge in [0.25, 0.3) is 0 Å². The number of carbonyl (C=O) groups excluding carboxylic acids is 2. The van der Waals surface area contributed by atoms with Gasteiger partial charge in [-0.05, 0) is 20.3 Å². The Morgan fingerprint density at radius 1 is 1.62 bits per heavy atom. The first-order valence-electron chi connectivity index (χ1n) is 4.66. The van der Waals surface area contributed by atoms with Crippen LogP contribution in [-0.4, -0.2) is 36.5 Å². The molecule has 0 aliphatic carbocycles. The van der Waals surface area contributed by atoms with E-state index in [4.69, 9.17) is 4.74 Å². The van der Waals surface area contributed by atoms with Gasteiger partial charge in [0.05, 0.1) is 6.61 Å². The lowest BCUT2D eigenvalue weighted by Gasteiger charge is -2.12. The largest absolute Gasteiger partial charge is 0.465 e. The van der Waals surface area contributed by atoms with E-state index in [0.717, 1.165) is 0 Å². The Kier molecular flexibility index (Phi) is 3.28. The monoisotopic (exact) mass is 185 g/mol. The van der Waals surface area contributed by atoms with Crippen molar-refractivity contribution in [2.24, 2.45) is 5.92 Å². The molecular weight excluding hydrogens is 170 g/mol. The average molecular weight is 185 g/mol. The lowest BCUT2D eigenvalue weighted by molar-refractivity contribution is -0.152. The van der Waals surface area contributed by atoms with Crippen LogP contribution in [0.4, 0.5) is 0 Å². The van der Waals surface area contributed by atoms with Crippen molar-refractivity contribution in [1.29, 1.82) is 0 Å². The average Bonchev–Trinajstić information content (AvgIpc) is 2.47. The third-order valence-electron chi connectivity index (χ3n) is 2.25. The predicted octanol–water partition coefficient (Wildman–Crippen LogP) is 0.418. The van der Waals surface area contributed by atoms with Crippen molar-refractivity contribution in [2.75, 3.05) is 19.7 Å². The minimum Gasteiger partial charge on any atom is -0.465 e. The molecule has 0 aromatic heterocycles. The second-order valence-corrected chi connectivity index (χ2v) is 3.01. The van der Waals surface area contributed by atoms with Crippen molar-refractivity contribution < 1.29 is 14.3 Å². The molecule has 0 radical (unpaired) electrons. The van der Waals surface area contributed by atoms with E-state index in [2.05, 4.69) is 0 Å². The minimum atomic E-state index is -0.542. The van der Waals surface area contributed by atoms with Crippen molar-refractivity contribution >= 4 is 11.9 Å². The Bertz CT molecular complexity index is 215. The summed E-state index contributed by atoms with van der Waals surface area (Å²) < 4.78 is 4.80. The van der Waals surface area contributed by atoms with Gasteiger partial charge in [0.2, 0.25) is 5.91 Å². The van der Waals surface area contributed by atoms with Crippen LogP contribution in [0.2, 0.25) is 0 Å². The Balaban J connectivity index is 2.54. The zero-order valence-corrected chi connectivity index (χ0v) is 8.08. The molecule has 0 N–H and O–H groups in total. The zero-order valence-electron chi connectivity index (χ0n) is 8.08. The summed E-state index contributed by atoms with van der Waals surface area (Å²) in [6, 6.07) is 0. The number of ether oxygens (including phenoxy) is 1. The summed E-state index contributed by atoms with van der Waals surface area (Å²) in [7, 11) is 0. The maximum absolute atomic E-state index is 11.5. The molecule has 1 fully saturated rings. The van der Waals surface area contributed by atoms with Gasteiger partial charge in [-0.1, -0.05) is 0 Å². The first-order chi connectivity index (χ1) is 6.20. The maximum Gasteiger partial charge on any atom is 0.318 e. The van der Waals surface area contributed by atoms with Gasteiger partial charge in [-0.15, -0.1) is 0 Å². The first-order valence-corrected chi connectivity index (χ1v) is 4.66. The summed E-state index contributed by atoms with van der Waals surface area (Å²) in [5.74, 6) is -0.996. The zero-order chi connectivity index (χ0) is 9.84. The highest BCUT2D eigenvalue weighted by Gasteiger charge is 2.36. The van der Waals surface area contributed by atoms with E-state index in [1.54, 1.807) is 11.8 Å². The van der Waals surface area contributed by atoms with Crippen LogP contribution in [0.1, 0.15) is 20.3 Å². The minimum absolute atomic E-state index is 0.0825. The Morgan fingerprint density at radius 2 is 2.31 bits per heavy atom. The van der Waals surface area contributed by atoms with Crippen LogP contribution >= 0.6 is 0 Å². The Labute approximate surface area is 77.8 Å². The highest BCUT2D eigenvalue weighted by Crippen LogP contribution is 2.18. The first kappa shape index (κ1) is 10.0. The normalized spacial score (nSPS) is 22.2. The van der Waals surface area contributed by atoms with Crippen LogP contribution in [0.15, 0.2) is 0 Å². The lowest BCUT2D eigenvalue weighted by Crippen LogP contribution is -2.30. The van der Waals surface area contributed by atoms with Gasteiger partial charge in [0, 0.05) is 13.1 Å². The molecule has 4 heteroatoms. The van der Waals surface area contributed by atoms with Gasteiger partial charge in [0.1, 0.15) is 5.92 Å². The van der Waals surface area contributed by atoms with Gasteiger partial charge in [-0.2, -0.15) is 0 Å². The Morgan fingerprint density at radius 3 is 2.77 bits per heavy atom. The molecule has 0 spiro atoms. The number of rotatable bonds is 3. The Hall–Kier alpha value is -1.06. The molecule has 0 saturated carbocycles. The number of nitrogens with zero attached hydrogens (tertiary/aromatic N) is 1. The third-order valence-corrected chi connectivity index (χ3v) is 2.25. The van der Waals surface area contributed by atoms with E-state index in [1.165, 1.54) is 0 Å². The van der Waals surface area contributed by atoms with E-state index in [1.807, 2.05) is 6.92 Å². The fourth-order valence-corrected chi connectivity index (χ4v) is 1.51. The van der Waals surface area contributed by atoms with E-state index in [9.17, 15) is 9.59 Å². The number of hydrogen-bond donors (Lipinski definition) is 0. The number of carbonyl (C=O) groups is 2. The van der Waals surface area contributed by atoms with Gasteiger partial charge >= 0.3 is 5.97 Å². The second kappa shape index (κ2) is 4.25. The smallest absolute Gasteiger partial charge is 0.318 e. The molecule has 4 nitrogen and oxygen atoms in total. The van der Waals surface area contributed by atoms with E-state index < -0.39 is 5.92 Å². The SMILES string of the molecule is CCOC(=O)C1CCN(CC)C1=O. The van der Waals surface area contributed by atoms with Crippen molar-refractivity contribution in [3.8, 4) is 0 Å². The molecule has 1 heterocycles. The number of likely N-dealkylation sites (tertiary alicyclic amines) is 1. The van der Waals surface area contributed by atoms with Crippen molar-refractivity contribution in [1.82, 2.24) is 4.90 Å². The van der Waals surface area contributed by atoms with Crippen molar-refractivity contribution in [3.05, 3.63) is 0 Å². The highest BCUT2D eigenvalue weighted by molar-refractivity contribution is 5.99. The maximum atomic E-state index is 11.5. The molecule has 1 amide bonds. The molecule has 0 bridgehead atoms. The summed E-state index contributed by atoms with van der Waals surface area (Å²) in [6.45, 7) is 5.35. The number of esters is 1. The van der Waals surface area contributed by atoms with Crippen molar-refractivity contribution in [2.45, 2.75) is 20.3 Å².